The fourth-order valence-electron chi connectivity index (χ4n) is 4.30. The van der Waals surface area contributed by atoms with Crippen LogP contribution in [0.5, 0.6) is 0 Å². The van der Waals surface area contributed by atoms with E-state index in [9.17, 15) is 4.79 Å². The van der Waals surface area contributed by atoms with Crippen LogP contribution >= 0.6 is 0 Å². The molecule has 2 nitrogen and oxygen atoms in total. The smallest absolute Gasteiger partial charge is 0.220 e. The van der Waals surface area contributed by atoms with Crippen LogP contribution in [-0.2, 0) is 4.79 Å². The first-order chi connectivity index (χ1) is 6.47. The Bertz CT molecular complexity index is 293. The second-order valence-corrected chi connectivity index (χ2v) is 6.43. The molecule has 2 saturated carbocycles. The molecule has 3 aliphatic rings. The van der Waals surface area contributed by atoms with Crippen molar-refractivity contribution in [2.24, 2.45) is 16.2 Å². The van der Waals surface area contributed by atoms with Gasteiger partial charge in [0.1, 0.15) is 0 Å². The van der Waals surface area contributed by atoms with Gasteiger partial charge < -0.3 is 5.32 Å². The average Bonchev–Trinajstić information content (AvgIpc) is 2.50. The Labute approximate surface area is 85.4 Å². The predicted molar refractivity (Wildman–Crippen MR) is 54.7 cm³/mol. The zero-order valence-corrected chi connectivity index (χ0v) is 9.15. The van der Waals surface area contributed by atoms with Gasteiger partial charge in [0.15, 0.2) is 0 Å². The van der Waals surface area contributed by atoms with Gasteiger partial charge in [0, 0.05) is 13.0 Å². The number of nitrogens with one attached hydrogen (secondary N) is 1. The number of hydrogen-bond donors (Lipinski definition) is 1. The topological polar surface area (TPSA) is 29.1 Å². The summed E-state index contributed by atoms with van der Waals surface area (Å²) in [4.78, 5) is 11.3. The third-order valence-corrected chi connectivity index (χ3v) is 5.41. The van der Waals surface area contributed by atoms with Gasteiger partial charge in [-0.15, -0.1) is 0 Å². The van der Waals surface area contributed by atoms with Crippen molar-refractivity contribution in [1.29, 1.82) is 0 Å². The lowest BCUT2D eigenvalue weighted by molar-refractivity contribution is -0.119. The predicted octanol–water partition coefficient (Wildman–Crippen LogP) is 2.09. The first-order valence-electron chi connectivity index (χ1n) is 5.74. The number of hydrogen-bond acceptors (Lipinski definition) is 1. The Morgan fingerprint density at radius 1 is 1.14 bits per heavy atom. The summed E-state index contributed by atoms with van der Waals surface area (Å²) in [5.74, 6) is 0.276. The van der Waals surface area contributed by atoms with Crippen LogP contribution in [0.25, 0.3) is 0 Å². The summed E-state index contributed by atoms with van der Waals surface area (Å²) in [6.45, 7) is 5.79. The molecule has 1 N–H and O–H groups in total. The molecule has 1 amide bonds. The van der Waals surface area contributed by atoms with Crippen LogP contribution in [0.15, 0.2) is 0 Å². The second kappa shape index (κ2) is 2.17. The lowest BCUT2D eigenvalue weighted by Gasteiger charge is -2.52. The minimum Gasteiger partial charge on any atom is -0.356 e. The SMILES string of the molecule is C[C@@]12CC[C@]1(C)CC1(CNC(=O)C1)C2. The second-order valence-electron chi connectivity index (χ2n) is 6.43. The maximum atomic E-state index is 11.3. The Morgan fingerprint density at radius 2 is 1.71 bits per heavy atom. The van der Waals surface area contributed by atoms with Crippen molar-refractivity contribution < 1.29 is 4.79 Å². The van der Waals surface area contributed by atoms with Gasteiger partial charge in [0.05, 0.1) is 0 Å². The fourth-order valence-corrected chi connectivity index (χ4v) is 4.30. The van der Waals surface area contributed by atoms with E-state index in [4.69, 9.17) is 0 Å². The minimum absolute atomic E-state index is 0.276. The van der Waals surface area contributed by atoms with Crippen molar-refractivity contribution in [2.45, 2.75) is 46.0 Å². The lowest BCUT2D eigenvalue weighted by Crippen LogP contribution is -2.42. The molecule has 1 spiro atoms. The molecule has 0 bridgehead atoms. The minimum atomic E-state index is 0.276. The molecule has 1 saturated heterocycles. The molecule has 3 atom stereocenters. The monoisotopic (exact) mass is 193 g/mol. The zero-order valence-electron chi connectivity index (χ0n) is 9.15. The maximum Gasteiger partial charge on any atom is 0.220 e. The molecule has 78 valence electrons. The van der Waals surface area contributed by atoms with Gasteiger partial charge >= 0.3 is 0 Å². The van der Waals surface area contributed by atoms with E-state index in [0.29, 0.717) is 16.2 Å². The Kier molecular flexibility index (Phi) is 1.36. The quantitative estimate of drug-likeness (QED) is 0.627. The van der Waals surface area contributed by atoms with Gasteiger partial charge in [-0.05, 0) is 41.9 Å². The molecule has 1 heterocycles. The van der Waals surface area contributed by atoms with E-state index in [-0.39, 0.29) is 5.91 Å². The molecule has 1 aliphatic heterocycles. The fraction of sp³-hybridized carbons (Fsp3) is 0.917. The van der Waals surface area contributed by atoms with E-state index in [2.05, 4.69) is 19.2 Å². The van der Waals surface area contributed by atoms with E-state index in [1.807, 2.05) is 0 Å². The third-order valence-electron chi connectivity index (χ3n) is 5.41. The molecule has 2 aliphatic carbocycles. The normalized spacial score (nSPS) is 55.7. The number of carbonyl (C=O) groups is 1. The van der Waals surface area contributed by atoms with Crippen molar-refractivity contribution in [3.63, 3.8) is 0 Å². The first kappa shape index (κ1) is 8.75. The van der Waals surface area contributed by atoms with E-state index in [1.165, 1.54) is 25.7 Å². The molecule has 0 aromatic heterocycles. The van der Waals surface area contributed by atoms with Crippen LogP contribution in [0.3, 0.4) is 0 Å². The van der Waals surface area contributed by atoms with E-state index >= 15 is 0 Å². The molecule has 0 aromatic rings. The summed E-state index contributed by atoms with van der Waals surface area (Å²) in [5.41, 5.74) is 1.41. The van der Waals surface area contributed by atoms with Crippen molar-refractivity contribution in [3.05, 3.63) is 0 Å². The number of rotatable bonds is 0. The van der Waals surface area contributed by atoms with Gasteiger partial charge in [-0.1, -0.05) is 13.8 Å². The maximum absolute atomic E-state index is 11.3. The number of carbonyl (C=O) groups excluding carboxylic acids is 1. The molecule has 2 heteroatoms. The van der Waals surface area contributed by atoms with Crippen LogP contribution in [0.1, 0.15) is 46.0 Å². The molecule has 14 heavy (non-hydrogen) atoms. The molecular weight excluding hydrogens is 174 g/mol. The summed E-state index contributed by atoms with van der Waals surface area (Å²) in [7, 11) is 0. The Morgan fingerprint density at radius 3 is 2.07 bits per heavy atom. The van der Waals surface area contributed by atoms with Crippen LogP contribution in [0.4, 0.5) is 0 Å². The lowest BCUT2D eigenvalue weighted by atomic mass is 9.53. The van der Waals surface area contributed by atoms with Crippen molar-refractivity contribution in [3.8, 4) is 0 Å². The van der Waals surface area contributed by atoms with Gasteiger partial charge in [-0.3, -0.25) is 4.79 Å². The number of amides is 1. The highest BCUT2D eigenvalue weighted by atomic mass is 16.1. The van der Waals surface area contributed by atoms with Gasteiger partial charge in [0.2, 0.25) is 5.91 Å². The molecule has 1 unspecified atom stereocenters. The third kappa shape index (κ3) is 0.850. The van der Waals surface area contributed by atoms with Crippen LogP contribution in [0.2, 0.25) is 0 Å². The Hall–Kier alpha value is -0.530. The van der Waals surface area contributed by atoms with Crippen molar-refractivity contribution in [2.75, 3.05) is 6.54 Å². The highest BCUT2D eigenvalue weighted by Crippen LogP contribution is 2.72. The van der Waals surface area contributed by atoms with E-state index in [1.54, 1.807) is 0 Å². The summed E-state index contributed by atoms with van der Waals surface area (Å²) < 4.78 is 0. The van der Waals surface area contributed by atoms with Gasteiger partial charge in [0.25, 0.3) is 0 Å². The van der Waals surface area contributed by atoms with Crippen molar-refractivity contribution >= 4 is 5.91 Å². The first-order valence-corrected chi connectivity index (χ1v) is 5.74. The summed E-state index contributed by atoms with van der Waals surface area (Å²) in [6, 6.07) is 0. The van der Waals surface area contributed by atoms with E-state index in [0.717, 1.165) is 13.0 Å². The summed E-state index contributed by atoms with van der Waals surface area (Å²) in [5, 5.41) is 3.02. The largest absolute Gasteiger partial charge is 0.356 e. The highest BCUT2D eigenvalue weighted by molar-refractivity contribution is 5.79. The van der Waals surface area contributed by atoms with Crippen molar-refractivity contribution in [1.82, 2.24) is 5.32 Å². The Balaban J connectivity index is 1.90. The van der Waals surface area contributed by atoms with Crippen LogP contribution in [-0.4, -0.2) is 12.5 Å². The molecule has 3 rings (SSSR count). The molecule has 0 radical (unpaired) electrons. The molecular formula is C12H19NO. The van der Waals surface area contributed by atoms with Crippen LogP contribution in [0, 0.1) is 16.2 Å². The van der Waals surface area contributed by atoms with Gasteiger partial charge in [-0.25, -0.2) is 0 Å². The van der Waals surface area contributed by atoms with E-state index < -0.39 is 0 Å². The number of fused-ring (bicyclic) bond motifs is 1. The summed E-state index contributed by atoms with van der Waals surface area (Å²) >= 11 is 0. The van der Waals surface area contributed by atoms with Crippen LogP contribution < -0.4 is 5.32 Å². The average molecular weight is 193 g/mol. The molecule has 0 aromatic carbocycles. The molecule has 3 fully saturated rings. The summed E-state index contributed by atoms with van der Waals surface area (Å²) in [6.07, 6.45) is 6.08. The standard InChI is InChI=1S/C12H19NO/c1-10-3-4-11(10,2)7-12(6-10)5-9(14)13-8-12/h3-8H2,1-2H3,(H,13,14)/t10-,11+,12?. The highest BCUT2D eigenvalue weighted by Gasteiger charge is 2.64. The van der Waals surface area contributed by atoms with Gasteiger partial charge in [-0.2, -0.15) is 0 Å². The zero-order chi connectivity index (χ0) is 10.0.